The maximum absolute atomic E-state index is 9.04. The first-order chi connectivity index (χ1) is 19.9. The average Bonchev–Trinajstić information content (AvgIpc) is 3.54. The number of methoxy groups -OCH3 is 3. The normalized spacial score (nSPS) is 16.4. The second-order valence-corrected chi connectivity index (χ2v) is 10.7. The van der Waals surface area contributed by atoms with Crippen molar-refractivity contribution in [3.63, 3.8) is 0 Å². The zero-order chi connectivity index (χ0) is 29.9. The van der Waals surface area contributed by atoms with E-state index in [-0.39, 0.29) is 0 Å². The van der Waals surface area contributed by atoms with E-state index in [9.17, 15) is 0 Å². The molecule has 6 heteroatoms. The molecule has 1 saturated heterocycles. The van der Waals surface area contributed by atoms with Gasteiger partial charge in [0.2, 0.25) is 0 Å². The van der Waals surface area contributed by atoms with Gasteiger partial charge in [-0.3, -0.25) is 0 Å². The highest BCUT2D eigenvalue weighted by atomic mass is 16.5. The molecule has 41 heavy (non-hydrogen) atoms. The number of hydrogen-bond acceptors (Lipinski definition) is 6. The SMILES string of the molecule is COCC(C)C1CCOC1.COCC(C)c1ccc(O)cc1.COCC(C)c1ccc(OCc2ccccc2)cc1. The van der Waals surface area contributed by atoms with Gasteiger partial charge in [0.25, 0.3) is 0 Å². The van der Waals surface area contributed by atoms with E-state index in [4.69, 9.17) is 28.8 Å². The van der Waals surface area contributed by atoms with Crippen LogP contribution in [-0.2, 0) is 25.6 Å². The summed E-state index contributed by atoms with van der Waals surface area (Å²) in [5.74, 6) is 3.40. The molecule has 0 aromatic heterocycles. The molecule has 0 bridgehead atoms. The van der Waals surface area contributed by atoms with E-state index in [0.717, 1.165) is 38.1 Å². The quantitative estimate of drug-likeness (QED) is 0.245. The van der Waals surface area contributed by atoms with Crippen molar-refractivity contribution in [3.8, 4) is 11.5 Å². The van der Waals surface area contributed by atoms with Gasteiger partial charge < -0.3 is 28.8 Å². The number of aromatic hydroxyl groups is 1. The lowest BCUT2D eigenvalue weighted by Gasteiger charge is -2.15. The molecule has 4 atom stereocenters. The summed E-state index contributed by atoms with van der Waals surface area (Å²) in [6.45, 7) is 11.3. The van der Waals surface area contributed by atoms with Crippen LogP contribution >= 0.6 is 0 Å². The Morgan fingerprint density at radius 1 is 0.732 bits per heavy atom. The Balaban J connectivity index is 0.000000230. The maximum atomic E-state index is 9.04. The van der Waals surface area contributed by atoms with E-state index in [0.29, 0.717) is 36.7 Å². The van der Waals surface area contributed by atoms with Crippen LogP contribution in [0.15, 0.2) is 78.9 Å². The van der Waals surface area contributed by atoms with Crippen LogP contribution in [0.25, 0.3) is 0 Å². The standard InChI is InChI=1S/C17H20O2.C10H14O2.C8H16O2/c1-14(12-18-2)16-8-10-17(11-9-16)19-13-15-6-4-3-5-7-15;1-8(7-12-2)9-3-5-10(11)6-4-9;1-7(5-9-2)8-3-4-10-6-8/h3-11,14H,12-13H2,1-2H3;3-6,8,11H,7H2,1-2H3;7-8H,3-6H2,1-2H3. The van der Waals surface area contributed by atoms with E-state index in [2.05, 4.69) is 45.0 Å². The van der Waals surface area contributed by atoms with Crippen molar-refractivity contribution in [1.82, 2.24) is 0 Å². The second kappa shape index (κ2) is 20.1. The molecule has 4 unspecified atom stereocenters. The van der Waals surface area contributed by atoms with Gasteiger partial charge >= 0.3 is 0 Å². The van der Waals surface area contributed by atoms with Crippen LogP contribution in [0.4, 0.5) is 0 Å². The summed E-state index contributed by atoms with van der Waals surface area (Å²) in [5, 5.41) is 9.04. The summed E-state index contributed by atoms with van der Waals surface area (Å²) in [5.41, 5.74) is 3.64. The van der Waals surface area contributed by atoms with E-state index >= 15 is 0 Å². The molecule has 0 aliphatic carbocycles. The van der Waals surface area contributed by atoms with Gasteiger partial charge in [0.15, 0.2) is 0 Å². The van der Waals surface area contributed by atoms with Crippen LogP contribution in [0.3, 0.4) is 0 Å². The maximum Gasteiger partial charge on any atom is 0.119 e. The first-order valence-corrected chi connectivity index (χ1v) is 14.5. The predicted octanol–water partition coefficient (Wildman–Crippen LogP) is 7.46. The number of ether oxygens (including phenoxy) is 5. The number of phenolic OH excluding ortho intramolecular Hbond substituents is 1. The summed E-state index contributed by atoms with van der Waals surface area (Å²) in [7, 11) is 5.18. The van der Waals surface area contributed by atoms with Crippen LogP contribution in [0, 0.1) is 11.8 Å². The first-order valence-electron chi connectivity index (χ1n) is 14.5. The third-order valence-corrected chi connectivity index (χ3v) is 7.19. The van der Waals surface area contributed by atoms with Crippen LogP contribution < -0.4 is 4.74 Å². The third-order valence-electron chi connectivity index (χ3n) is 7.19. The minimum absolute atomic E-state index is 0.309. The van der Waals surface area contributed by atoms with Gasteiger partial charge in [-0.1, -0.05) is 75.4 Å². The van der Waals surface area contributed by atoms with Crippen LogP contribution in [0.2, 0.25) is 0 Å². The zero-order valence-corrected chi connectivity index (χ0v) is 25.8. The van der Waals surface area contributed by atoms with Gasteiger partial charge in [0.05, 0.1) is 13.2 Å². The summed E-state index contributed by atoms with van der Waals surface area (Å²) >= 11 is 0. The fraction of sp³-hybridized carbons (Fsp3) is 0.486. The third kappa shape index (κ3) is 13.5. The molecule has 3 aromatic rings. The number of hydrogen-bond donors (Lipinski definition) is 1. The van der Waals surface area contributed by atoms with Crippen LogP contribution in [0.5, 0.6) is 11.5 Å². The molecule has 1 aliphatic heterocycles. The topological polar surface area (TPSA) is 66.4 Å². The largest absolute Gasteiger partial charge is 0.508 e. The van der Waals surface area contributed by atoms with E-state index < -0.39 is 0 Å². The minimum Gasteiger partial charge on any atom is -0.508 e. The lowest BCUT2D eigenvalue weighted by Crippen LogP contribution is -2.16. The first kappa shape index (κ1) is 34.3. The Morgan fingerprint density at radius 3 is 1.76 bits per heavy atom. The molecule has 0 spiro atoms. The van der Waals surface area contributed by atoms with E-state index in [1.165, 1.54) is 23.1 Å². The second-order valence-electron chi connectivity index (χ2n) is 10.7. The van der Waals surface area contributed by atoms with Crippen molar-refractivity contribution in [2.75, 3.05) is 54.4 Å². The molecule has 226 valence electrons. The van der Waals surface area contributed by atoms with E-state index in [1.54, 1.807) is 33.5 Å². The molecule has 3 aromatic carbocycles. The highest BCUT2D eigenvalue weighted by Crippen LogP contribution is 2.22. The van der Waals surface area contributed by atoms with Gasteiger partial charge in [-0.15, -0.1) is 0 Å². The van der Waals surface area contributed by atoms with Crippen LogP contribution in [-0.4, -0.2) is 59.5 Å². The molecule has 0 radical (unpaired) electrons. The summed E-state index contributed by atoms with van der Waals surface area (Å²) in [6.07, 6.45) is 1.21. The monoisotopic (exact) mass is 566 g/mol. The Kier molecular flexibility index (Phi) is 16.8. The Labute approximate surface area is 247 Å². The van der Waals surface area contributed by atoms with Crippen molar-refractivity contribution in [3.05, 3.63) is 95.6 Å². The molecular formula is C35H50O6. The molecule has 1 fully saturated rings. The Hall–Kier alpha value is -2.90. The average molecular weight is 567 g/mol. The van der Waals surface area contributed by atoms with Crippen molar-refractivity contribution in [2.45, 2.75) is 45.6 Å². The lowest BCUT2D eigenvalue weighted by atomic mass is 9.94. The van der Waals surface area contributed by atoms with Gasteiger partial charge in [0.1, 0.15) is 18.1 Å². The summed E-state index contributed by atoms with van der Waals surface area (Å²) in [4.78, 5) is 0. The Morgan fingerprint density at radius 2 is 1.27 bits per heavy atom. The summed E-state index contributed by atoms with van der Waals surface area (Å²) in [6, 6.07) is 25.6. The highest BCUT2D eigenvalue weighted by molar-refractivity contribution is 5.30. The molecule has 1 aliphatic rings. The van der Waals surface area contributed by atoms with Crippen molar-refractivity contribution in [2.24, 2.45) is 11.8 Å². The number of benzene rings is 3. The van der Waals surface area contributed by atoms with Gasteiger partial charge in [-0.2, -0.15) is 0 Å². The molecule has 1 heterocycles. The molecule has 1 N–H and O–H groups in total. The van der Waals surface area contributed by atoms with E-state index in [1.807, 2.05) is 42.5 Å². The Bertz CT molecular complexity index is 1030. The number of phenols is 1. The zero-order valence-electron chi connectivity index (χ0n) is 25.8. The highest BCUT2D eigenvalue weighted by Gasteiger charge is 2.21. The predicted molar refractivity (Wildman–Crippen MR) is 166 cm³/mol. The molecular weight excluding hydrogens is 516 g/mol. The number of rotatable bonds is 12. The fourth-order valence-electron chi connectivity index (χ4n) is 4.53. The lowest BCUT2D eigenvalue weighted by molar-refractivity contribution is 0.115. The molecule has 0 amide bonds. The smallest absolute Gasteiger partial charge is 0.119 e. The van der Waals surface area contributed by atoms with Gasteiger partial charge in [-0.25, -0.2) is 0 Å². The fourth-order valence-corrected chi connectivity index (χ4v) is 4.53. The molecule has 4 rings (SSSR count). The van der Waals surface area contributed by atoms with Crippen molar-refractivity contribution in [1.29, 1.82) is 0 Å². The van der Waals surface area contributed by atoms with Gasteiger partial charge in [-0.05, 0) is 59.2 Å². The molecule has 6 nitrogen and oxygen atoms in total. The van der Waals surface area contributed by atoms with Gasteiger partial charge in [0, 0.05) is 53.0 Å². The molecule has 0 saturated carbocycles. The minimum atomic E-state index is 0.309. The van der Waals surface area contributed by atoms with Crippen LogP contribution in [0.1, 0.15) is 55.7 Å². The van der Waals surface area contributed by atoms with Crippen molar-refractivity contribution < 1.29 is 28.8 Å². The van der Waals surface area contributed by atoms with Crippen molar-refractivity contribution >= 4 is 0 Å². The summed E-state index contributed by atoms with van der Waals surface area (Å²) < 4.78 is 26.3.